The number of aliphatic carboxylic acids is 1. The molecule has 3 atom stereocenters. The second-order valence-corrected chi connectivity index (χ2v) is 6.75. The van der Waals surface area contributed by atoms with Crippen molar-refractivity contribution in [1.29, 1.82) is 0 Å². The molecular weight excluding hydrogens is 294 g/mol. The molecule has 2 fully saturated rings. The van der Waals surface area contributed by atoms with Crippen molar-refractivity contribution in [3.05, 3.63) is 35.4 Å². The van der Waals surface area contributed by atoms with Gasteiger partial charge in [-0.3, -0.25) is 4.79 Å². The number of carboxylic acid groups (broad SMARTS) is 1. The standard InChI is InChI=1S/C18H23NO4/c1-11(2)12-3-5-13(6-4-12)14-9-15(14)17(20)19-7-8-23-16(10-19)18(21)22/h3-6,11,14-16H,7-10H2,1-2H3,(H,21,22)/t14-,15-,16+/m0/s1. The fraction of sp³-hybridized carbons (Fsp3) is 0.556. The van der Waals surface area contributed by atoms with Crippen LogP contribution in [0, 0.1) is 5.92 Å². The monoisotopic (exact) mass is 317 g/mol. The lowest BCUT2D eigenvalue weighted by molar-refractivity contribution is -0.159. The minimum atomic E-state index is -1.00. The molecule has 23 heavy (non-hydrogen) atoms. The van der Waals surface area contributed by atoms with Gasteiger partial charge in [0.1, 0.15) is 0 Å². The minimum absolute atomic E-state index is 0.00700. The summed E-state index contributed by atoms with van der Waals surface area (Å²) in [4.78, 5) is 25.2. The molecule has 0 aromatic heterocycles. The summed E-state index contributed by atoms with van der Waals surface area (Å²) < 4.78 is 5.17. The number of nitrogens with zero attached hydrogens (tertiary/aromatic N) is 1. The van der Waals surface area contributed by atoms with Crippen LogP contribution < -0.4 is 0 Å². The van der Waals surface area contributed by atoms with Gasteiger partial charge in [-0.15, -0.1) is 0 Å². The highest BCUT2D eigenvalue weighted by Crippen LogP contribution is 2.48. The fourth-order valence-electron chi connectivity index (χ4n) is 3.20. The van der Waals surface area contributed by atoms with Crippen molar-refractivity contribution in [3.8, 4) is 0 Å². The predicted octanol–water partition coefficient (Wildman–Crippen LogP) is 2.23. The van der Waals surface area contributed by atoms with E-state index in [0.29, 0.717) is 19.1 Å². The lowest BCUT2D eigenvalue weighted by atomic mass is 10.00. The number of benzene rings is 1. The van der Waals surface area contributed by atoms with E-state index in [1.54, 1.807) is 4.90 Å². The molecule has 1 aliphatic heterocycles. The molecule has 0 spiro atoms. The molecule has 1 saturated heterocycles. The van der Waals surface area contributed by atoms with Gasteiger partial charge in [-0.25, -0.2) is 4.79 Å². The molecule has 0 unspecified atom stereocenters. The van der Waals surface area contributed by atoms with E-state index in [1.807, 2.05) is 0 Å². The van der Waals surface area contributed by atoms with E-state index in [-0.39, 0.29) is 24.3 Å². The summed E-state index contributed by atoms with van der Waals surface area (Å²) in [5.41, 5.74) is 2.51. The maximum atomic E-state index is 12.6. The van der Waals surface area contributed by atoms with Crippen molar-refractivity contribution >= 4 is 11.9 Å². The first-order valence-corrected chi connectivity index (χ1v) is 8.20. The Morgan fingerprint density at radius 1 is 1.26 bits per heavy atom. The fourth-order valence-corrected chi connectivity index (χ4v) is 3.20. The molecule has 1 aromatic carbocycles. The van der Waals surface area contributed by atoms with Crippen LogP contribution in [0.4, 0.5) is 0 Å². The average molecular weight is 317 g/mol. The smallest absolute Gasteiger partial charge is 0.334 e. The van der Waals surface area contributed by atoms with E-state index in [0.717, 1.165) is 6.42 Å². The van der Waals surface area contributed by atoms with Crippen molar-refractivity contribution in [2.75, 3.05) is 19.7 Å². The quantitative estimate of drug-likeness (QED) is 0.925. The summed E-state index contributed by atoms with van der Waals surface area (Å²) in [6, 6.07) is 8.50. The second kappa shape index (κ2) is 6.32. The number of carboxylic acids is 1. The number of morpholine rings is 1. The zero-order chi connectivity index (χ0) is 16.6. The van der Waals surface area contributed by atoms with E-state index in [4.69, 9.17) is 9.84 Å². The Kier molecular flexibility index (Phi) is 4.39. The molecule has 1 N–H and O–H groups in total. The first-order valence-electron chi connectivity index (χ1n) is 8.20. The molecule has 0 bridgehead atoms. The van der Waals surface area contributed by atoms with E-state index in [9.17, 15) is 9.59 Å². The largest absolute Gasteiger partial charge is 0.479 e. The molecule has 1 amide bonds. The van der Waals surface area contributed by atoms with Crippen LogP contribution in [0.2, 0.25) is 0 Å². The number of ether oxygens (including phenoxy) is 1. The number of hydrogen-bond acceptors (Lipinski definition) is 3. The molecule has 5 nitrogen and oxygen atoms in total. The number of hydrogen-bond donors (Lipinski definition) is 1. The van der Waals surface area contributed by atoms with Gasteiger partial charge in [-0.1, -0.05) is 38.1 Å². The van der Waals surface area contributed by atoms with Gasteiger partial charge in [0, 0.05) is 12.5 Å². The second-order valence-electron chi connectivity index (χ2n) is 6.75. The van der Waals surface area contributed by atoms with Crippen LogP contribution in [0.1, 0.15) is 43.2 Å². The third-order valence-electron chi connectivity index (χ3n) is 4.79. The Bertz CT molecular complexity index is 596. The molecule has 1 saturated carbocycles. The highest BCUT2D eigenvalue weighted by atomic mass is 16.5. The Hall–Kier alpha value is -1.88. The zero-order valence-electron chi connectivity index (χ0n) is 13.6. The van der Waals surface area contributed by atoms with Gasteiger partial charge in [0.25, 0.3) is 0 Å². The topological polar surface area (TPSA) is 66.8 Å². The number of rotatable bonds is 4. The predicted molar refractivity (Wildman–Crippen MR) is 85.3 cm³/mol. The summed E-state index contributed by atoms with van der Waals surface area (Å²) in [6.07, 6.45) is -0.0372. The van der Waals surface area contributed by atoms with Crippen LogP contribution in [-0.4, -0.2) is 47.7 Å². The molecule has 1 aliphatic carbocycles. The van der Waals surface area contributed by atoms with Crippen LogP contribution in [0.3, 0.4) is 0 Å². The SMILES string of the molecule is CC(C)c1ccc([C@@H]2C[C@@H]2C(=O)N2CCO[C@@H](C(=O)O)C2)cc1. The third kappa shape index (κ3) is 3.39. The molecule has 2 aliphatic rings. The van der Waals surface area contributed by atoms with Gasteiger partial charge < -0.3 is 14.7 Å². The highest BCUT2D eigenvalue weighted by molar-refractivity contribution is 5.84. The summed E-state index contributed by atoms with van der Waals surface area (Å²) in [5, 5.41) is 9.03. The van der Waals surface area contributed by atoms with Crippen LogP contribution in [0.5, 0.6) is 0 Å². The van der Waals surface area contributed by atoms with Crippen LogP contribution in [-0.2, 0) is 14.3 Å². The first-order chi connectivity index (χ1) is 11.0. The van der Waals surface area contributed by atoms with Crippen LogP contribution >= 0.6 is 0 Å². The van der Waals surface area contributed by atoms with Gasteiger partial charge in [0.15, 0.2) is 6.10 Å². The van der Waals surface area contributed by atoms with E-state index in [2.05, 4.69) is 38.1 Å². The number of carbonyl (C=O) groups excluding carboxylic acids is 1. The highest BCUT2D eigenvalue weighted by Gasteiger charge is 2.46. The van der Waals surface area contributed by atoms with E-state index < -0.39 is 12.1 Å². The summed E-state index contributed by atoms with van der Waals surface area (Å²) in [6.45, 7) is 5.26. The minimum Gasteiger partial charge on any atom is -0.479 e. The van der Waals surface area contributed by atoms with Gasteiger partial charge in [-0.2, -0.15) is 0 Å². The lowest BCUT2D eigenvalue weighted by Gasteiger charge is -2.31. The van der Waals surface area contributed by atoms with Gasteiger partial charge >= 0.3 is 5.97 Å². The maximum absolute atomic E-state index is 12.6. The van der Waals surface area contributed by atoms with Gasteiger partial charge in [0.2, 0.25) is 5.91 Å². The Morgan fingerprint density at radius 2 is 1.96 bits per heavy atom. The van der Waals surface area contributed by atoms with Crippen LogP contribution in [0.15, 0.2) is 24.3 Å². The van der Waals surface area contributed by atoms with Crippen LogP contribution in [0.25, 0.3) is 0 Å². The van der Waals surface area contributed by atoms with Gasteiger partial charge in [-0.05, 0) is 29.4 Å². The van der Waals surface area contributed by atoms with Crippen molar-refractivity contribution < 1.29 is 19.4 Å². The lowest BCUT2D eigenvalue weighted by Crippen LogP contribution is -2.49. The Labute approximate surface area is 136 Å². The van der Waals surface area contributed by atoms with Gasteiger partial charge in [0.05, 0.1) is 13.2 Å². The average Bonchev–Trinajstić information content (AvgIpc) is 3.35. The maximum Gasteiger partial charge on any atom is 0.334 e. The summed E-state index contributed by atoms with van der Waals surface area (Å²) in [7, 11) is 0. The molecule has 3 rings (SSSR count). The third-order valence-corrected chi connectivity index (χ3v) is 4.79. The molecule has 1 aromatic rings. The van der Waals surface area contributed by atoms with E-state index >= 15 is 0 Å². The molecule has 0 radical (unpaired) electrons. The summed E-state index contributed by atoms with van der Waals surface area (Å²) >= 11 is 0. The number of carbonyl (C=O) groups is 2. The van der Waals surface area contributed by atoms with Crippen molar-refractivity contribution in [3.63, 3.8) is 0 Å². The molecule has 124 valence electrons. The summed E-state index contributed by atoms with van der Waals surface area (Å²) in [5.74, 6) is -0.166. The van der Waals surface area contributed by atoms with E-state index in [1.165, 1.54) is 11.1 Å². The van der Waals surface area contributed by atoms with Crippen molar-refractivity contribution in [2.45, 2.75) is 38.2 Å². The normalized spacial score (nSPS) is 27.1. The number of amides is 1. The molecule has 1 heterocycles. The van der Waals surface area contributed by atoms with Crippen molar-refractivity contribution in [1.82, 2.24) is 4.90 Å². The molecular formula is C18H23NO4. The molecule has 5 heteroatoms. The Morgan fingerprint density at radius 3 is 2.57 bits per heavy atom. The zero-order valence-corrected chi connectivity index (χ0v) is 13.6. The first kappa shape index (κ1) is 16.0. The van der Waals surface area contributed by atoms with Crippen molar-refractivity contribution in [2.24, 2.45) is 5.92 Å². The Balaban J connectivity index is 1.61.